The maximum absolute atomic E-state index is 12.7. The van der Waals surface area contributed by atoms with Gasteiger partial charge < -0.3 is 15.4 Å². The van der Waals surface area contributed by atoms with Crippen molar-refractivity contribution in [1.29, 1.82) is 0 Å². The number of methoxy groups -OCH3 is 1. The predicted molar refractivity (Wildman–Crippen MR) is 99.0 cm³/mol. The lowest BCUT2D eigenvalue weighted by Crippen LogP contribution is -2.16. The van der Waals surface area contributed by atoms with Crippen LogP contribution in [0.25, 0.3) is 0 Å². The Hall–Kier alpha value is -3.34. The van der Waals surface area contributed by atoms with E-state index in [0.717, 1.165) is 5.56 Å². The zero-order chi connectivity index (χ0) is 17.5. The monoisotopic (exact) mass is 333 g/mol. The SMILES string of the molecule is COc1ccccc1NC(=O)c1cccnc1NCc1ccccc1. The molecule has 126 valence electrons. The Morgan fingerprint density at radius 2 is 1.76 bits per heavy atom. The van der Waals surface area contributed by atoms with Gasteiger partial charge in [-0.25, -0.2) is 4.98 Å². The maximum Gasteiger partial charge on any atom is 0.259 e. The van der Waals surface area contributed by atoms with Gasteiger partial charge in [0.25, 0.3) is 5.91 Å². The lowest BCUT2D eigenvalue weighted by Gasteiger charge is -2.13. The molecule has 3 rings (SSSR count). The van der Waals surface area contributed by atoms with Crippen LogP contribution in [0.4, 0.5) is 11.5 Å². The van der Waals surface area contributed by atoms with Crippen molar-refractivity contribution < 1.29 is 9.53 Å². The van der Waals surface area contributed by atoms with Crippen LogP contribution in [0.3, 0.4) is 0 Å². The largest absolute Gasteiger partial charge is 0.495 e. The van der Waals surface area contributed by atoms with E-state index in [-0.39, 0.29) is 5.91 Å². The van der Waals surface area contributed by atoms with Gasteiger partial charge in [0.15, 0.2) is 0 Å². The number of carbonyl (C=O) groups is 1. The number of nitrogens with one attached hydrogen (secondary N) is 2. The second kappa shape index (κ2) is 7.97. The van der Waals surface area contributed by atoms with Gasteiger partial charge >= 0.3 is 0 Å². The molecule has 5 heteroatoms. The smallest absolute Gasteiger partial charge is 0.259 e. The molecule has 1 aromatic heterocycles. The standard InChI is InChI=1S/C20H19N3O2/c1-25-18-12-6-5-11-17(18)23-20(24)16-10-7-13-21-19(16)22-14-15-8-3-2-4-9-15/h2-13H,14H2,1H3,(H,21,22)(H,23,24). The summed E-state index contributed by atoms with van der Waals surface area (Å²) in [4.78, 5) is 17.0. The average molecular weight is 333 g/mol. The zero-order valence-corrected chi connectivity index (χ0v) is 13.9. The normalized spacial score (nSPS) is 10.1. The Bertz CT molecular complexity index is 850. The van der Waals surface area contributed by atoms with E-state index in [4.69, 9.17) is 4.74 Å². The van der Waals surface area contributed by atoms with Gasteiger partial charge in [-0.05, 0) is 29.8 Å². The summed E-state index contributed by atoms with van der Waals surface area (Å²) in [5, 5.41) is 6.09. The van der Waals surface area contributed by atoms with Gasteiger partial charge in [-0.15, -0.1) is 0 Å². The number of carbonyl (C=O) groups excluding carboxylic acids is 1. The van der Waals surface area contributed by atoms with Crippen LogP contribution in [0.5, 0.6) is 5.75 Å². The minimum Gasteiger partial charge on any atom is -0.495 e. The fourth-order valence-corrected chi connectivity index (χ4v) is 2.45. The van der Waals surface area contributed by atoms with Crippen LogP contribution in [0.1, 0.15) is 15.9 Å². The molecular formula is C20H19N3O2. The van der Waals surface area contributed by atoms with Gasteiger partial charge in [-0.1, -0.05) is 42.5 Å². The minimum atomic E-state index is -0.242. The summed E-state index contributed by atoms with van der Waals surface area (Å²) >= 11 is 0. The molecule has 0 aliphatic rings. The number of benzene rings is 2. The van der Waals surface area contributed by atoms with Crippen LogP contribution in [0, 0.1) is 0 Å². The summed E-state index contributed by atoms with van der Waals surface area (Å²) in [6, 6.07) is 20.7. The first kappa shape index (κ1) is 16.5. The van der Waals surface area contributed by atoms with Gasteiger partial charge in [0.2, 0.25) is 0 Å². The van der Waals surface area contributed by atoms with Crippen molar-refractivity contribution in [3.63, 3.8) is 0 Å². The molecule has 0 bridgehead atoms. The quantitative estimate of drug-likeness (QED) is 0.717. The van der Waals surface area contributed by atoms with E-state index in [1.165, 1.54) is 0 Å². The summed E-state index contributed by atoms with van der Waals surface area (Å²) in [6.07, 6.45) is 1.66. The van der Waals surface area contributed by atoms with Crippen LogP contribution in [-0.2, 0) is 6.54 Å². The molecule has 0 atom stereocenters. The molecule has 5 nitrogen and oxygen atoms in total. The number of amides is 1. The lowest BCUT2D eigenvalue weighted by molar-refractivity contribution is 0.102. The third kappa shape index (κ3) is 4.14. The molecule has 3 aromatic rings. The zero-order valence-electron chi connectivity index (χ0n) is 13.9. The second-order valence-electron chi connectivity index (χ2n) is 5.39. The van der Waals surface area contributed by atoms with E-state index in [1.807, 2.05) is 42.5 Å². The van der Waals surface area contributed by atoms with Crippen LogP contribution in [-0.4, -0.2) is 18.0 Å². The lowest BCUT2D eigenvalue weighted by atomic mass is 10.2. The number of pyridine rings is 1. The molecule has 0 saturated carbocycles. The van der Waals surface area contributed by atoms with E-state index in [2.05, 4.69) is 15.6 Å². The predicted octanol–water partition coefficient (Wildman–Crippen LogP) is 3.95. The molecular weight excluding hydrogens is 314 g/mol. The first-order valence-electron chi connectivity index (χ1n) is 7.95. The number of nitrogens with zero attached hydrogens (tertiary/aromatic N) is 1. The number of ether oxygens (including phenoxy) is 1. The molecule has 0 aliphatic heterocycles. The first-order chi connectivity index (χ1) is 12.3. The maximum atomic E-state index is 12.7. The second-order valence-corrected chi connectivity index (χ2v) is 5.39. The summed E-state index contributed by atoms with van der Waals surface area (Å²) in [6.45, 7) is 0.590. The first-order valence-corrected chi connectivity index (χ1v) is 7.95. The Balaban J connectivity index is 1.76. The van der Waals surface area contributed by atoms with E-state index < -0.39 is 0 Å². The molecule has 1 heterocycles. The molecule has 0 unspecified atom stereocenters. The molecule has 0 spiro atoms. The van der Waals surface area contributed by atoms with Crippen LogP contribution in [0.2, 0.25) is 0 Å². The van der Waals surface area contributed by atoms with Gasteiger partial charge in [0.1, 0.15) is 11.6 Å². The number of para-hydroxylation sites is 2. The molecule has 25 heavy (non-hydrogen) atoms. The fraction of sp³-hybridized carbons (Fsp3) is 0.100. The van der Waals surface area contributed by atoms with Gasteiger partial charge in [0, 0.05) is 12.7 Å². The van der Waals surface area contributed by atoms with Crippen molar-refractivity contribution in [3.8, 4) is 5.75 Å². The van der Waals surface area contributed by atoms with E-state index in [1.54, 1.807) is 37.6 Å². The van der Waals surface area contributed by atoms with Crippen molar-refractivity contribution in [3.05, 3.63) is 84.1 Å². The highest BCUT2D eigenvalue weighted by Gasteiger charge is 2.14. The topological polar surface area (TPSA) is 63.2 Å². The van der Waals surface area contributed by atoms with E-state index >= 15 is 0 Å². The molecule has 0 saturated heterocycles. The third-order valence-corrected chi connectivity index (χ3v) is 3.71. The third-order valence-electron chi connectivity index (χ3n) is 3.71. The van der Waals surface area contributed by atoms with Crippen molar-refractivity contribution in [2.24, 2.45) is 0 Å². The van der Waals surface area contributed by atoms with E-state index in [0.29, 0.717) is 29.4 Å². The highest BCUT2D eigenvalue weighted by molar-refractivity contribution is 6.08. The summed E-state index contributed by atoms with van der Waals surface area (Å²) < 4.78 is 5.27. The highest BCUT2D eigenvalue weighted by atomic mass is 16.5. The molecule has 0 radical (unpaired) electrons. The average Bonchev–Trinajstić information content (AvgIpc) is 2.68. The summed E-state index contributed by atoms with van der Waals surface area (Å²) in [5.74, 6) is 0.908. The Kier molecular flexibility index (Phi) is 5.26. The summed E-state index contributed by atoms with van der Waals surface area (Å²) in [5.41, 5.74) is 2.21. The summed E-state index contributed by atoms with van der Waals surface area (Å²) in [7, 11) is 1.57. The molecule has 1 amide bonds. The van der Waals surface area contributed by atoms with Gasteiger partial charge in [-0.3, -0.25) is 4.79 Å². The molecule has 0 aliphatic carbocycles. The van der Waals surface area contributed by atoms with Crippen LogP contribution in [0.15, 0.2) is 72.9 Å². The number of rotatable bonds is 6. The number of hydrogen-bond donors (Lipinski definition) is 2. The Morgan fingerprint density at radius 3 is 2.56 bits per heavy atom. The number of hydrogen-bond acceptors (Lipinski definition) is 4. The molecule has 2 aromatic carbocycles. The highest BCUT2D eigenvalue weighted by Crippen LogP contribution is 2.24. The number of aromatic nitrogens is 1. The fourth-order valence-electron chi connectivity index (χ4n) is 2.45. The van der Waals surface area contributed by atoms with Crippen LogP contribution < -0.4 is 15.4 Å². The minimum absolute atomic E-state index is 0.242. The molecule has 0 fully saturated rings. The Labute approximate surface area is 146 Å². The molecule has 2 N–H and O–H groups in total. The van der Waals surface area contributed by atoms with Gasteiger partial charge in [0.05, 0.1) is 18.4 Å². The van der Waals surface area contributed by atoms with Crippen molar-refractivity contribution >= 4 is 17.4 Å². The van der Waals surface area contributed by atoms with Crippen molar-refractivity contribution in [2.75, 3.05) is 17.7 Å². The van der Waals surface area contributed by atoms with Crippen LogP contribution >= 0.6 is 0 Å². The van der Waals surface area contributed by atoms with Gasteiger partial charge in [-0.2, -0.15) is 0 Å². The van der Waals surface area contributed by atoms with E-state index in [9.17, 15) is 4.79 Å². The Morgan fingerprint density at radius 1 is 1.00 bits per heavy atom. The van der Waals surface area contributed by atoms with Crippen molar-refractivity contribution in [1.82, 2.24) is 4.98 Å². The number of anilines is 2. The van der Waals surface area contributed by atoms with Crippen molar-refractivity contribution in [2.45, 2.75) is 6.54 Å².